The van der Waals surface area contributed by atoms with Crippen molar-refractivity contribution in [2.75, 3.05) is 6.54 Å². The first kappa shape index (κ1) is 14.7. The highest BCUT2D eigenvalue weighted by Gasteiger charge is 2.20. The Morgan fingerprint density at radius 2 is 1.96 bits per heavy atom. The number of carbonyl (C=O) groups is 1. The van der Waals surface area contributed by atoms with E-state index in [1.165, 1.54) is 12.5 Å². The van der Waals surface area contributed by atoms with Crippen LogP contribution in [-0.4, -0.2) is 27.4 Å². The second kappa shape index (κ2) is 5.73. The van der Waals surface area contributed by atoms with Crippen LogP contribution in [0, 0.1) is 0 Å². The van der Waals surface area contributed by atoms with Gasteiger partial charge in [0.1, 0.15) is 12.5 Å². The summed E-state index contributed by atoms with van der Waals surface area (Å²) < 4.78 is 10.7. The number of aromatic nitrogens is 3. The van der Waals surface area contributed by atoms with Crippen LogP contribution in [0.2, 0.25) is 0 Å². The number of carbonyl (C=O) groups excluding carboxylic acids is 1. The number of H-pyrrole nitrogens is 1. The molecule has 2 aliphatic heterocycles. The summed E-state index contributed by atoms with van der Waals surface area (Å²) in [5.74, 6) is 0.937. The predicted octanol–water partition coefficient (Wildman–Crippen LogP) is 2.67. The van der Waals surface area contributed by atoms with E-state index in [0.717, 1.165) is 34.6 Å². The Balaban J connectivity index is 1.53. The number of rotatable bonds is 2. The fraction of sp³-hybridized carbons (Fsp3) is 0.105. The van der Waals surface area contributed by atoms with Gasteiger partial charge in [-0.1, -0.05) is 0 Å². The lowest BCUT2D eigenvalue weighted by atomic mass is 10.1. The largest absolute Gasteiger partial charge is 0.456 e. The number of pyridine rings is 2. The van der Waals surface area contributed by atoms with E-state index in [4.69, 9.17) is 9.47 Å². The Bertz CT molecular complexity index is 1050. The molecule has 0 saturated heterocycles. The number of fused-ring (bicyclic) bond motifs is 2. The van der Waals surface area contributed by atoms with Crippen molar-refractivity contribution < 1.29 is 14.3 Å². The third kappa shape index (κ3) is 2.41. The van der Waals surface area contributed by atoms with Crippen LogP contribution in [0.3, 0.4) is 0 Å². The van der Waals surface area contributed by atoms with Crippen LogP contribution in [0.5, 0.6) is 11.6 Å². The first-order valence-electron chi connectivity index (χ1n) is 8.23. The topological polar surface area (TPSA) is 89.1 Å². The van der Waals surface area contributed by atoms with Gasteiger partial charge >= 0.3 is 0 Å². The summed E-state index contributed by atoms with van der Waals surface area (Å²) in [7, 11) is 0. The molecule has 2 aliphatic rings. The molecule has 0 unspecified atom stereocenters. The molecule has 2 N–H and O–H groups in total. The van der Waals surface area contributed by atoms with Gasteiger partial charge in [-0.2, -0.15) is 0 Å². The maximum absolute atomic E-state index is 12.0. The highest BCUT2D eigenvalue weighted by atomic mass is 16.5. The zero-order valence-electron chi connectivity index (χ0n) is 13.7. The van der Waals surface area contributed by atoms with Crippen LogP contribution >= 0.6 is 0 Å². The fourth-order valence-corrected chi connectivity index (χ4v) is 3.14. The van der Waals surface area contributed by atoms with Crippen molar-refractivity contribution in [1.29, 1.82) is 0 Å². The number of nitrogens with one attached hydrogen (secondary N) is 2. The molecule has 0 radical (unpaired) electrons. The van der Waals surface area contributed by atoms with Crippen molar-refractivity contribution in [3.63, 3.8) is 0 Å². The van der Waals surface area contributed by atoms with Crippen LogP contribution in [0.15, 0.2) is 49.2 Å². The molecule has 0 spiro atoms. The lowest BCUT2D eigenvalue weighted by Gasteiger charge is -2.12. The minimum atomic E-state index is -0.0351. The molecule has 7 nitrogen and oxygen atoms in total. The normalized spacial score (nSPS) is 14.7. The predicted molar refractivity (Wildman–Crippen MR) is 93.7 cm³/mol. The van der Waals surface area contributed by atoms with Gasteiger partial charge in [0, 0.05) is 47.9 Å². The molecule has 0 atom stereocenters. The molecule has 7 heteroatoms. The lowest BCUT2D eigenvalue weighted by Crippen LogP contribution is -2.31. The van der Waals surface area contributed by atoms with Crippen LogP contribution in [0.4, 0.5) is 0 Å². The van der Waals surface area contributed by atoms with Crippen molar-refractivity contribution in [3.8, 4) is 34.1 Å². The number of hydrogen-bond acceptors (Lipinski definition) is 5. The number of hydrogen-bond donors (Lipinski definition) is 2. The van der Waals surface area contributed by atoms with Crippen molar-refractivity contribution in [1.82, 2.24) is 20.3 Å². The van der Waals surface area contributed by atoms with Crippen molar-refractivity contribution in [2.45, 2.75) is 6.42 Å². The minimum Gasteiger partial charge on any atom is -0.456 e. The summed E-state index contributed by atoms with van der Waals surface area (Å²) in [5, 5.41) is 2.86. The SMILES string of the molecule is O=C1NCCc2[nH]c(-c3ccnc(-c4cnc5c(c4)OC=CO5)c3)cc21. The summed E-state index contributed by atoms with van der Waals surface area (Å²) >= 11 is 0. The van der Waals surface area contributed by atoms with Gasteiger partial charge in [0.15, 0.2) is 5.75 Å². The first-order chi connectivity index (χ1) is 12.8. The fourth-order valence-electron chi connectivity index (χ4n) is 3.14. The molecule has 5 rings (SSSR count). The first-order valence-corrected chi connectivity index (χ1v) is 8.23. The smallest absolute Gasteiger partial charge is 0.262 e. The molecule has 0 saturated carbocycles. The van der Waals surface area contributed by atoms with E-state index in [1.807, 2.05) is 24.3 Å². The molecule has 3 aromatic heterocycles. The zero-order chi connectivity index (χ0) is 17.5. The molecule has 5 heterocycles. The van der Waals surface area contributed by atoms with Gasteiger partial charge in [-0.3, -0.25) is 9.78 Å². The van der Waals surface area contributed by atoms with Gasteiger partial charge in [0.2, 0.25) is 0 Å². The van der Waals surface area contributed by atoms with E-state index in [2.05, 4.69) is 20.3 Å². The maximum Gasteiger partial charge on any atom is 0.262 e. The van der Waals surface area contributed by atoms with Crippen LogP contribution in [0.25, 0.3) is 22.5 Å². The number of ether oxygens (including phenoxy) is 2. The van der Waals surface area contributed by atoms with Gasteiger partial charge in [0.05, 0.1) is 11.3 Å². The van der Waals surface area contributed by atoms with Crippen molar-refractivity contribution in [3.05, 3.63) is 60.4 Å². The molecular weight excluding hydrogens is 332 g/mol. The Morgan fingerprint density at radius 3 is 2.88 bits per heavy atom. The molecule has 26 heavy (non-hydrogen) atoms. The maximum atomic E-state index is 12.0. The summed E-state index contributed by atoms with van der Waals surface area (Å²) in [6.07, 6.45) is 7.14. The average molecular weight is 346 g/mol. The quantitative estimate of drug-likeness (QED) is 0.745. The second-order valence-electron chi connectivity index (χ2n) is 6.05. The monoisotopic (exact) mass is 346 g/mol. The molecule has 0 aromatic carbocycles. The lowest BCUT2D eigenvalue weighted by molar-refractivity contribution is 0.0946. The van der Waals surface area contributed by atoms with E-state index in [-0.39, 0.29) is 5.91 Å². The van der Waals surface area contributed by atoms with Crippen LogP contribution < -0.4 is 14.8 Å². The minimum absolute atomic E-state index is 0.0351. The molecule has 128 valence electrons. The third-order valence-electron chi connectivity index (χ3n) is 4.42. The average Bonchev–Trinajstić information content (AvgIpc) is 3.14. The number of amides is 1. The summed E-state index contributed by atoms with van der Waals surface area (Å²) in [6, 6.07) is 7.59. The molecular formula is C19H14N4O3. The van der Waals surface area contributed by atoms with Crippen LogP contribution in [-0.2, 0) is 6.42 Å². The molecule has 0 bridgehead atoms. The highest BCUT2D eigenvalue weighted by molar-refractivity contribution is 5.97. The Labute approximate surface area is 148 Å². The van der Waals surface area contributed by atoms with Gasteiger partial charge in [-0.25, -0.2) is 4.98 Å². The molecule has 1 amide bonds. The number of nitrogens with zero attached hydrogens (tertiary/aromatic N) is 2. The molecule has 3 aromatic rings. The molecule has 0 aliphatic carbocycles. The third-order valence-corrected chi connectivity index (χ3v) is 4.42. The Hall–Kier alpha value is -3.61. The Kier molecular flexibility index (Phi) is 3.24. The van der Waals surface area contributed by atoms with Gasteiger partial charge in [-0.15, -0.1) is 0 Å². The summed E-state index contributed by atoms with van der Waals surface area (Å²) in [6.45, 7) is 0.657. The van der Waals surface area contributed by atoms with E-state index in [1.54, 1.807) is 12.4 Å². The standard InChI is InChI=1S/C19H14N4O3/c24-18-13-9-16(23-14(13)2-4-21-18)11-1-3-20-15(7-11)12-8-17-19(22-10-12)26-6-5-25-17/h1,3,5-10,23H,2,4H2,(H,21,24). The van der Waals surface area contributed by atoms with Gasteiger partial charge in [0.25, 0.3) is 11.8 Å². The van der Waals surface area contributed by atoms with E-state index in [9.17, 15) is 4.79 Å². The van der Waals surface area contributed by atoms with E-state index < -0.39 is 0 Å². The van der Waals surface area contributed by atoms with Gasteiger partial charge in [-0.05, 0) is 24.3 Å². The van der Waals surface area contributed by atoms with E-state index in [0.29, 0.717) is 23.7 Å². The summed E-state index contributed by atoms with van der Waals surface area (Å²) in [4.78, 5) is 24.0. The van der Waals surface area contributed by atoms with E-state index >= 15 is 0 Å². The number of aromatic amines is 1. The highest BCUT2D eigenvalue weighted by Crippen LogP contribution is 2.33. The van der Waals surface area contributed by atoms with Crippen molar-refractivity contribution >= 4 is 5.91 Å². The van der Waals surface area contributed by atoms with Crippen molar-refractivity contribution in [2.24, 2.45) is 0 Å². The second-order valence-corrected chi connectivity index (χ2v) is 6.05. The Morgan fingerprint density at radius 1 is 1.04 bits per heavy atom. The van der Waals surface area contributed by atoms with Crippen LogP contribution in [0.1, 0.15) is 16.1 Å². The van der Waals surface area contributed by atoms with Gasteiger partial charge < -0.3 is 19.8 Å². The summed E-state index contributed by atoms with van der Waals surface area (Å²) in [5.41, 5.74) is 5.09. The zero-order valence-corrected chi connectivity index (χ0v) is 13.7. The molecule has 0 fully saturated rings.